The summed E-state index contributed by atoms with van der Waals surface area (Å²) in [6.07, 6.45) is 4.63. The predicted molar refractivity (Wildman–Crippen MR) is 71.2 cm³/mol. The van der Waals surface area contributed by atoms with Crippen LogP contribution in [-0.4, -0.2) is 6.41 Å². The monoisotopic (exact) mass is 368 g/mol. The zero-order valence-corrected chi connectivity index (χ0v) is 13.0. The van der Waals surface area contributed by atoms with Crippen LogP contribution in [0.3, 0.4) is 0 Å². The van der Waals surface area contributed by atoms with Gasteiger partial charge in [0.05, 0.1) is 0 Å². The topological polar surface area (TPSA) is 33.0 Å². The molecule has 1 heterocycles. The van der Waals surface area contributed by atoms with Gasteiger partial charge in [0.2, 0.25) is 6.41 Å². The summed E-state index contributed by atoms with van der Waals surface area (Å²) in [6.45, 7) is 0. The summed E-state index contributed by atoms with van der Waals surface area (Å²) >= 11 is 0. The normalized spacial score (nSPS) is 9.53. The Morgan fingerprint density at radius 2 is 1.84 bits per heavy atom. The molecule has 2 aromatic rings. The molecule has 2 rings (SSSR count). The van der Waals surface area contributed by atoms with Gasteiger partial charge in [-0.2, -0.15) is 0 Å². The number of nitrogens with one attached hydrogen (secondary N) is 1. The number of hydrogen-bond donors (Lipinski definition) is 1. The number of pyridine rings is 1. The van der Waals surface area contributed by atoms with E-state index in [1.54, 1.807) is 0 Å². The SMILES string of the molecule is C[n+]1ccccc1CCc1ccccc1NC=O.[I-]. The zero-order valence-electron chi connectivity index (χ0n) is 10.8. The third-order valence-electron chi connectivity index (χ3n) is 3.04. The molecule has 0 saturated heterocycles. The lowest BCUT2D eigenvalue weighted by Crippen LogP contribution is -3.00. The van der Waals surface area contributed by atoms with Crippen LogP contribution in [0.2, 0.25) is 0 Å². The molecule has 0 aliphatic rings. The molecule has 1 aromatic heterocycles. The lowest BCUT2D eigenvalue weighted by atomic mass is 10.1. The van der Waals surface area contributed by atoms with Crippen molar-refractivity contribution in [3.8, 4) is 0 Å². The summed E-state index contributed by atoms with van der Waals surface area (Å²) in [6, 6.07) is 14.1. The highest BCUT2D eigenvalue weighted by molar-refractivity contribution is 5.73. The van der Waals surface area contributed by atoms with Gasteiger partial charge in [-0.25, -0.2) is 4.57 Å². The largest absolute Gasteiger partial charge is 1.00 e. The van der Waals surface area contributed by atoms with Crippen molar-refractivity contribution in [1.82, 2.24) is 0 Å². The summed E-state index contributed by atoms with van der Waals surface area (Å²) in [4.78, 5) is 10.5. The number of para-hydroxylation sites is 1. The molecule has 0 aliphatic heterocycles. The second kappa shape index (κ2) is 7.89. The fraction of sp³-hybridized carbons (Fsp3) is 0.200. The van der Waals surface area contributed by atoms with Gasteiger partial charge in [0.1, 0.15) is 7.05 Å². The summed E-state index contributed by atoms with van der Waals surface area (Å²) in [7, 11) is 2.05. The van der Waals surface area contributed by atoms with E-state index in [2.05, 4.69) is 22.0 Å². The van der Waals surface area contributed by atoms with Gasteiger partial charge in [-0.3, -0.25) is 4.79 Å². The van der Waals surface area contributed by atoms with E-state index in [1.165, 1.54) is 5.69 Å². The minimum atomic E-state index is 0. The number of anilines is 1. The molecule has 0 spiro atoms. The number of carbonyl (C=O) groups excluding carboxylic acids is 1. The van der Waals surface area contributed by atoms with E-state index in [-0.39, 0.29) is 24.0 Å². The Hall–Kier alpha value is -1.43. The first-order valence-electron chi connectivity index (χ1n) is 6.03. The Labute approximate surface area is 130 Å². The van der Waals surface area contributed by atoms with Crippen LogP contribution in [0.4, 0.5) is 5.69 Å². The molecule has 0 atom stereocenters. The van der Waals surface area contributed by atoms with Gasteiger partial charge in [-0.1, -0.05) is 24.3 Å². The predicted octanol–water partition coefficient (Wildman–Crippen LogP) is -1.13. The quantitative estimate of drug-likeness (QED) is 0.405. The van der Waals surface area contributed by atoms with Crippen LogP contribution in [0.5, 0.6) is 0 Å². The van der Waals surface area contributed by atoms with Crippen molar-refractivity contribution in [1.29, 1.82) is 0 Å². The minimum absolute atomic E-state index is 0. The highest BCUT2D eigenvalue weighted by Gasteiger charge is 2.07. The lowest BCUT2D eigenvalue weighted by molar-refractivity contribution is -0.679. The van der Waals surface area contributed by atoms with Crippen molar-refractivity contribution in [3.05, 3.63) is 59.9 Å². The molecular formula is C15H17IN2O. The van der Waals surface area contributed by atoms with E-state index in [0.717, 1.165) is 30.5 Å². The lowest BCUT2D eigenvalue weighted by Gasteiger charge is -2.07. The maximum absolute atomic E-state index is 10.5. The summed E-state index contributed by atoms with van der Waals surface area (Å²) in [5.41, 5.74) is 3.33. The Kier molecular flexibility index (Phi) is 6.49. The molecule has 3 nitrogen and oxygen atoms in total. The fourth-order valence-electron chi connectivity index (χ4n) is 2.02. The fourth-order valence-corrected chi connectivity index (χ4v) is 2.02. The Morgan fingerprint density at radius 1 is 1.11 bits per heavy atom. The standard InChI is InChI=1S/C15H16N2O.HI/c1-17-11-5-4-7-14(17)10-9-13-6-2-3-8-15(13)16-12-18;/h2-8,11-12H,9-10H2,1H3;1H. The van der Waals surface area contributed by atoms with Gasteiger partial charge >= 0.3 is 0 Å². The molecule has 1 aromatic carbocycles. The van der Waals surface area contributed by atoms with Crippen LogP contribution in [0.1, 0.15) is 11.3 Å². The highest BCUT2D eigenvalue weighted by atomic mass is 127. The van der Waals surface area contributed by atoms with Crippen molar-refractivity contribution >= 4 is 12.1 Å². The first-order valence-corrected chi connectivity index (χ1v) is 6.03. The van der Waals surface area contributed by atoms with Crippen LogP contribution in [0.25, 0.3) is 0 Å². The van der Waals surface area contributed by atoms with Crippen molar-refractivity contribution in [2.75, 3.05) is 5.32 Å². The van der Waals surface area contributed by atoms with Crippen LogP contribution in [0.15, 0.2) is 48.7 Å². The second-order valence-electron chi connectivity index (χ2n) is 4.22. The van der Waals surface area contributed by atoms with Gasteiger partial charge in [-0.05, 0) is 18.1 Å². The molecule has 1 amide bonds. The molecular weight excluding hydrogens is 351 g/mol. The van der Waals surface area contributed by atoms with Crippen molar-refractivity contribution in [2.24, 2.45) is 7.05 Å². The highest BCUT2D eigenvalue weighted by Crippen LogP contribution is 2.16. The van der Waals surface area contributed by atoms with Crippen molar-refractivity contribution in [3.63, 3.8) is 0 Å². The summed E-state index contributed by atoms with van der Waals surface area (Å²) in [5, 5.41) is 2.74. The molecule has 0 unspecified atom stereocenters. The van der Waals surface area contributed by atoms with E-state index in [4.69, 9.17) is 0 Å². The Morgan fingerprint density at radius 3 is 2.58 bits per heavy atom. The molecule has 19 heavy (non-hydrogen) atoms. The number of nitrogens with zero attached hydrogens (tertiary/aromatic N) is 1. The molecule has 100 valence electrons. The smallest absolute Gasteiger partial charge is 0.211 e. The maximum Gasteiger partial charge on any atom is 0.211 e. The zero-order chi connectivity index (χ0) is 12.8. The van der Waals surface area contributed by atoms with Gasteiger partial charge in [-0.15, -0.1) is 0 Å². The van der Waals surface area contributed by atoms with Crippen LogP contribution < -0.4 is 33.9 Å². The number of aryl methyl sites for hydroxylation is 3. The number of hydrogen-bond acceptors (Lipinski definition) is 1. The molecule has 0 fully saturated rings. The number of rotatable bonds is 5. The van der Waals surface area contributed by atoms with E-state index < -0.39 is 0 Å². The molecule has 0 radical (unpaired) electrons. The maximum atomic E-state index is 10.5. The van der Waals surface area contributed by atoms with E-state index in [9.17, 15) is 4.79 Å². The number of aromatic nitrogens is 1. The summed E-state index contributed by atoms with van der Waals surface area (Å²) < 4.78 is 2.12. The number of amides is 1. The van der Waals surface area contributed by atoms with Crippen LogP contribution in [-0.2, 0) is 24.7 Å². The number of halogens is 1. The molecule has 4 heteroatoms. The third kappa shape index (κ3) is 4.31. The van der Waals surface area contributed by atoms with Crippen molar-refractivity contribution in [2.45, 2.75) is 12.8 Å². The van der Waals surface area contributed by atoms with E-state index >= 15 is 0 Å². The number of carbonyl (C=O) groups is 1. The Bertz CT molecular complexity index is 543. The van der Waals surface area contributed by atoms with Crippen LogP contribution in [0, 0.1) is 0 Å². The van der Waals surface area contributed by atoms with Crippen LogP contribution >= 0.6 is 0 Å². The average Bonchev–Trinajstić information content (AvgIpc) is 2.40. The number of benzene rings is 1. The van der Waals surface area contributed by atoms with Crippen molar-refractivity contribution < 1.29 is 33.3 Å². The van der Waals surface area contributed by atoms with Gasteiger partial charge in [0.25, 0.3) is 0 Å². The average molecular weight is 368 g/mol. The molecule has 0 saturated carbocycles. The molecule has 0 aliphatic carbocycles. The van der Waals surface area contributed by atoms with E-state index in [1.807, 2.05) is 43.6 Å². The first-order chi connectivity index (χ1) is 8.81. The summed E-state index contributed by atoms with van der Waals surface area (Å²) in [5.74, 6) is 0. The molecule has 0 bridgehead atoms. The van der Waals surface area contributed by atoms with Gasteiger partial charge in [0.15, 0.2) is 11.9 Å². The Balaban J connectivity index is 0.00000180. The van der Waals surface area contributed by atoms with Gasteiger partial charge < -0.3 is 29.3 Å². The first kappa shape index (κ1) is 15.6. The van der Waals surface area contributed by atoms with E-state index in [0.29, 0.717) is 0 Å². The minimum Gasteiger partial charge on any atom is -1.00 e. The van der Waals surface area contributed by atoms with Gasteiger partial charge in [0, 0.05) is 24.2 Å². The second-order valence-corrected chi connectivity index (χ2v) is 4.22. The molecule has 1 N–H and O–H groups in total. The third-order valence-corrected chi connectivity index (χ3v) is 3.04.